The molecule has 16 heavy (non-hydrogen) atoms. The summed E-state index contributed by atoms with van der Waals surface area (Å²) in [5.41, 5.74) is 0.153. The minimum absolute atomic E-state index is 0.0382. The molecule has 1 heterocycles. The van der Waals surface area contributed by atoms with Gasteiger partial charge in [-0.2, -0.15) is 0 Å². The van der Waals surface area contributed by atoms with Gasteiger partial charge in [0.15, 0.2) is 0 Å². The van der Waals surface area contributed by atoms with Gasteiger partial charge in [-0.05, 0) is 24.1 Å². The van der Waals surface area contributed by atoms with Gasteiger partial charge < -0.3 is 9.84 Å². The van der Waals surface area contributed by atoms with E-state index in [-0.39, 0.29) is 12.2 Å². The molecule has 1 atom stereocenters. The lowest BCUT2D eigenvalue weighted by Gasteiger charge is -2.42. The Hall–Kier alpha value is -1.42. The van der Waals surface area contributed by atoms with Crippen molar-refractivity contribution >= 4 is 5.97 Å². The van der Waals surface area contributed by atoms with E-state index in [9.17, 15) is 9.18 Å². The Kier molecular flexibility index (Phi) is 2.92. The van der Waals surface area contributed by atoms with Crippen LogP contribution < -0.4 is 0 Å². The maximum absolute atomic E-state index is 13.1. The van der Waals surface area contributed by atoms with E-state index in [1.165, 1.54) is 12.1 Å². The summed E-state index contributed by atoms with van der Waals surface area (Å²) in [5.74, 6) is -1.17. The first kappa shape index (κ1) is 11.1. The molecular formula is C12H13FO3. The summed E-state index contributed by atoms with van der Waals surface area (Å²) in [4.78, 5) is 10.6. The van der Waals surface area contributed by atoms with E-state index in [0.717, 1.165) is 12.0 Å². The number of hydrogen-bond acceptors (Lipinski definition) is 2. The summed E-state index contributed by atoms with van der Waals surface area (Å²) in [7, 11) is 0. The first-order valence-corrected chi connectivity index (χ1v) is 5.24. The van der Waals surface area contributed by atoms with Crippen LogP contribution >= 0.6 is 0 Å². The highest BCUT2D eigenvalue weighted by Gasteiger charge is 2.40. The second-order valence-corrected chi connectivity index (χ2v) is 4.00. The Bertz CT molecular complexity index is 399. The highest BCUT2D eigenvalue weighted by molar-refractivity contribution is 5.66. The van der Waals surface area contributed by atoms with Crippen molar-refractivity contribution in [2.24, 2.45) is 0 Å². The SMILES string of the molecule is O=C(O)CCC1(c2cccc(F)c2)CCO1. The number of carboxylic acid groups (broad SMARTS) is 1. The summed E-state index contributed by atoms with van der Waals surface area (Å²) in [6.07, 6.45) is 1.19. The largest absolute Gasteiger partial charge is 0.481 e. The molecule has 0 spiro atoms. The van der Waals surface area contributed by atoms with Gasteiger partial charge in [0, 0.05) is 12.8 Å². The zero-order valence-corrected chi connectivity index (χ0v) is 8.78. The van der Waals surface area contributed by atoms with Crippen LogP contribution in [0.25, 0.3) is 0 Å². The summed E-state index contributed by atoms with van der Waals surface area (Å²) in [5, 5.41) is 8.67. The molecule has 3 nitrogen and oxygen atoms in total. The lowest BCUT2D eigenvalue weighted by Crippen LogP contribution is -2.41. The zero-order valence-electron chi connectivity index (χ0n) is 8.78. The average Bonchev–Trinajstić information content (AvgIpc) is 2.15. The molecule has 0 aliphatic carbocycles. The molecule has 1 aromatic carbocycles. The van der Waals surface area contributed by atoms with Crippen molar-refractivity contribution in [1.82, 2.24) is 0 Å². The Labute approximate surface area is 92.9 Å². The van der Waals surface area contributed by atoms with Gasteiger partial charge in [0.1, 0.15) is 5.82 Å². The van der Waals surface area contributed by atoms with Gasteiger partial charge in [-0.3, -0.25) is 4.79 Å². The van der Waals surface area contributed by atoms with E-state index in [4.69, 9.17) is 9.84 Å². The molecule has 1 N–H and O–H groups in total. The van der Waals surface area contributed by atoms with Gasteiger partial charge in [0.25, 0.3) is 0 Å². The van der Waals surface area contributed by atoms with Crippen molar-refractivity contribution in [3.63, 3.8) is 0 Å². The summed E-state index contributed by atoms with van der Waals surface area (Å²) < 4.78 is 18.6. The molecule has 0 amide bonds. The average molecular weight is 224 g/mol. The van der Waals surface area contributed by atoms with Gasteiger partial charge in [0.2, 0.25) is 0 Å². The Morgan fingerprint density at radius 3 is 2.81 bits per heavy atom. The van der Waals surface area contributed by atoms with Crippen LogP contribution in [0.15, 0.2) is 24.3 Å². The fourth-order valence-corrected chi connectivity index (χ4v) is 2.00. The molecule has 0 radical (unpaired) electrons. The van der Waals surface area contributed by atoms with Gasteiger partial charge >= 0.3 is 5.97 Å². The number of aliphatic carboxylic acids is 1. The molecule has 1 aliphatic heterocycles. The predicted octanol–water partition coefficient (Wildman–Crippen LogP) is 2.31. The minimum atomic E-state index is -0.855. The lowest BCUT2D eigenvalue weighted by atomic mass is 9.82. The summed E-state index contributed by atoms with van der Waals surface area (Å²) in [6.45, 7) is 0.607. The molecular weight excluding hydrogens is 211 g/mol. The van der Waals surface area contributed by atoms with E-state index in [1.807, 2.05) is 0 Å². The first-order chi connectivity index (χ1) is 7.62. The molecule has 1 saturated heterocycles. The number of ether oxygens (including phenoxy) is 1. The van der Waals surface area contributed by atoms with Crippen molar-refractivity contribution in [2.45, 2.75) is 24.9 Å². The Balaban J connectivity index is 2.17. The minimum Gasteiger partial charge on any atom is -0.481 e. The second kappa shape index (κ2) is 4.22. The molecule has 1 aliphatic rings. The van der Waals surface area contributed by atoms with Crippen molar-refractivity contribution in [1.29, 1.82) is 0 Å². The van der Waals surface area contributed by atoms with Gasteiger partial charge in [0.05, 0.1) is 12.2 Å². The van der Waals surface area contributed by atoms with Crippen LogP contribution in [-0.4, -0.2) is 17.7 Å². The lowest BCUT2D eigenvalue weighted by molar-refractivity contribution is -0.165. The molecule has 1 fully saturated rings. The molecule has 0 saturated carbocycles. The Morgan fingerprint density at radius 2 is 2.31 bits per heavy atom. The number of carbonyl (C=O) groups is 1. The van der Waals surface area contributed by atoms with E-state index >= 15 is 0 Å². The highest BCUT2D eigenvalue weighted by atomic mass is 19.1. The van der Waals surface area contributed by atoms with Gasteiger partial charge in [-0.15, -0.1) is 0 Å². The maximum Gasteiger partial charge on any atom is 0.303 e. The Morgan fingerprint density at radius 1 is 1.56 bits per heavy atom. The van der Waals surface area contributed by atoms with Crippen LogP contribution in [0.2, 0.25) is 0 Å². The normalized spacial score (nSPS) is 23.8. The van der Waals surface area contributed by atoms with E-state index in [2.05, 4.69) is 0 Å². The quantitative estimate of drug-likeness (QED) is 0.853. The fraction of sp³-hybridized carbons (Fsp3) is 0.417. The van der Waals surface area contributed by atoms with Crippen LogP contribution in [0.4, 0.5) is 4.39 Å². The molecule has 1 aromatic rings. The van der Waals surface area contributed by atoms with Crippen molar-refractivity contribution < 1.29 is 19.0 Å². The third-order valence-corrected chi connectivity index (χ3v) is 2.98. The second-order valence-electron chi connectivity index (χ2n) is 4.00. The number of halogens is 1. The van der Waals surface area contributed by atoms with Crippen LogP contribution in [0.3, 0.4) is 0 Å². The first-order valence-electron chi connectivity index (χ1n) is 5.24. The molecule has 2 rings (SSSR count). The highest BCUT2D eigenvalue weighted by Crippen LogP contribution is 2.41. The third-order valence-electron chi connectivity index (χ3n) is 2.98. The summed E-state index contributed by atoms with van der Waals surface area (Å²) in [6, 6.07) is 6.19. The van der Waals surface area contributed by atoms with Crippen molar-refractivity contribution in [3.05, 3.63) is 35.6 Å². The monoisotopic (exact) mass is 224 g/mol. The van der Waals surface area contributed by atoms with E-state index in [1.54, 1.807) is 12.1 Å². The van der Waals surface area contributed by atoms with Crippen LogP contribution in [0.5, 0.6) is 0 Å². The molecule has 4 heteroatoms. The number of carboxylic acids is 1. The van der Waals surface area contributed by atoms with Gasteiger partial charge in [-0.1, -0.05) is 12.1 Å². The number of benzene rings is 1. The van der Waals surface area contributed by atoms with Crippen LogP contribution in [0, 0.1) is 5.82 Å². The molecule has 0 bridgehead atoms. The standard InChI is InChI=1S/C12H13FO3/c13-10-3-1-2-9(8-10)12(6-7-16-12)5-4-11(14)15/h1-3,8H,4-7H2,(H,14,15). The third kappa shape index (κ3) is 2.07. The van der Waals surface area contributed by atoms with Crippen molar-refractivity contribution in [2.75, 3.05) is 6.61 Å². The van der Waals surface area contributed by atoms with E-state index < -0.39 is 11.6 Å². The smallest absolute Gasteiger partial charge is 0.303 e. The molecule has 0 aromatic heterocycles. The van der Waals surface area contributed by atoms with Crippen LogP contribution in [0.1, 0.15) is 24.8 Å². The van der Waals surface area contributed by atoms with Crippen LogP contribution in [-0.2, 0) is 15.1 Å². The predicted molar refractivity (Wildman–Crippen MR) is 55.5 cm³/mol. The number of rotatable bonds is 4. The zero-order chi connectivity index (χ0) is 11.6. The summed E-state index contributed by atoms with van der Waals surface area (Å²) >= 11 is 0. The molecule has 1 unspecified atom stereocenters. The van der Waals surface area contributed by atoms with Gasteiger partial charge in [-0.25, -0.2) is 4.39 Å². The van der Waals surface area contributed by atoms with E-state index in [0.29, 0.717) is 13.0 Å². The number of hydrogen-bond donors (Lipinski definition) is 1. The van der Waals surface area contributed by atoms with Crippen molar-refractivity contribution in [3.8, 4) is 0 Å². The topological polar surface area (TPSA) is 46.5 Å². The fourth-order valence-electron chi connectivity index (χ4n) is 2.00. The maximum atomic E-state index is 13.1. The molecule has 86 valence electrons.